The molecular formula is C15H20N2O. The number of carbonyl (C=O) groups is 1. The van der Waals surface area contributed by atoms with Crippen LogP contribution in [0.4, 0.5) is 5.69 Å². The van der Waals surface area contributed by atoms with Crippen molar-refractivity contribution in [2.24, 2.45) is 5.92 Å². The first-order valence-corrected chi connectivity index (χ1v) is 6.57. The molecule has 3 rings (SSSR count). The Morgan fingerprint density at radius 3 is 2.67 bits per heavy atom. The van der Waals surface area contributed by atoms with Crippen LogP contribution in [0.25, 0.3) is 0 Å². The molecule has 2 heterocycles. The molecule has 0 unspecified atom stereocenters. The van der Waals surface area contributed by atoms with E-state index in [0.717, 1.165) is 6.54 Å². The number of fused-ring (bicyclic) bond motifs is 3. The van der Waals surface area contributed by atoms with Gasteiger partial charge in [0.2, 0.25) is 5.91 Å². The molecule has 0 bridgehead atoms. The predicted molar refractivity (Wildman–Crippen MR) is 72.5 cm³/mol. The summed E-state index contributed by atoms with van der Waals surface area (Å²) in [6.45, 7) is 9.34. The van der Waals surface area contributed by atoms with E-state index in [1.807, 2.05) is 6.92 Å². The van der Waals surface area contributed by atoms with E-state index in [1.165, 1.54) is 11.3 Å². The molecule has 0 radical (unpaired) electrons. The van der Waals surface area contributed by atoms with E-state index < -0.39 is 0 Å². The molecule has 1 amide bonds. The number of anilines is 1. The number of rotatable bonds is 0. The molecule has 1 saturated heterocycles. The second-order valence-electron chi connectivity index (χ2n) is 6.22. The van der Waals surface area contributed by atoms with E-state index in [9.17, 15) is 4.79 Å². The number of para-hydroxylation sites is 1. The third-order valence-electron chi connectivity index (χ3n) is 4.90. The largest absolute Gasteiger partial charge is 0.347 e. The Morgan fingerprint density at radius 2 is 1.94 bits per heavy atom. The minimum atomic E-state index is -0.319. The Hall–Kier alpha value is -1.51. The van der Waals surface area contributed by atoms with Crippen molar-refractivity contribution >= 4 is 11.6 Å². The SMILES string of the molecule is C[C@H]1CN2c3ccccc3C(C)(C)[C@]2(C)NC1=O. The lowest BCUT2D eigenvalue weighted by Crippen LogP contribution is -2.70. The van der Waals surface area contributed by atoms with Gasteiger partial charge in [-0.25, -0.2) is 0 Å². The summed E-state index contributed by atoms with van der Waals surface area (Å²) in [4.78, 5) is 14.4. The highest BCUT2D eigenvalue weighted by atomic mass is 16.2. The molecule has 0 aromatic heterocycles. The summed E-state index contributed by atoms with van der Waals surface area (Å²) in [5.74, 6) is 0.203. The average Bonchev–Trinajstić information content (AvgIpc) is 2.48. The summed E-state index contributed by atoms with van der Waals surface area (Å²) in [5.41, 5.74) is 2.18. The van der Waals surface area contributed by atoms with Crippen LogP contribution in [0.5, 0.6) is 0 Å². The fourth-order valence-corrected chi connectivity index (χ4v) is 3.30. The average molecular weight is 244 g/mol. The van der Waals surface area contributed by atoms with Crippen LogP contribution in [0.1, 0.15) is 33.3 Å². The number of hydrogen-bond donors (Lipinski definition) is 1. The second kappa shape index (κ2) is 3.28. The van der Waals surface area contributed by atoms with Crippen molar-refractivity contribution < 1.29 is 4.79 Å². The lowest BCUT2D eigenvalue weighted by molar-refractivity contribution is -0.128. The smallest absolute Gasteiger partial charge is 0.226 e. The lowest BCUT2D eigenvalue weighted by atomic mass is 9.75. The van der Waals surface area contributed by atoms with Gasteiger partial charge in [-0.15, -0.1) is 0 Å². The van der Waals surface area contributed by atoms with Gasteiger partial charge in [-0.05, 0) is 18.6 Å². The van der Waals surface area contributed by atoms with Crippen LogP contribution >= 0.6 is 0 Å². The molecule has 96 valence electrons. The fourth-order valence-electron chi connectivity index (χ4n) is 3.30. The maximum absolute atomic E-state index is 12.0. The Labute approximate surface area is 108 Å². The van der Waals surface area contributed by atoms with Crippen LogP contribution in [-0.2, 0) is 10.2 Å². The summed E-state index contributed by atoms with van der Waals surface area (Å²) in [6, 6.07) is 8.48. The van der Waals surface area contributed by atoms with Crippen LogP contribution in [-0.4, -0.2) is 18.1 Å². The highest BCUT2D eigenvalue weighted by Gasteiger charge is 2.57. The molecule has 2 aliphatic rings. The van der Waals surface area contributed by atoms with E-state index >= 15 is 0 Å². The van der Waals surface area contributed by atoms with Crippen LogP contribution in [0.15, 0.2) is 24.3 Å². The number of amides is 1. The second-order valence-corrected chi connectivity index (χ2v) is 6.22. The van der Waals surface area contributed by atoms with Crippen molar-refractivity contribution in [3.8, 4) is 0 Å². The number of carbonyl (C=O) groups excluding carboxylic acids is 1. The minimum absolute atomic E-state index is 0.0417. The summed E-state index contributed by atoms with van der Waals surface area (Å²) in [7, 11) is 0. The zero-order chi connectivity index (χ0) is 13.1. The summed E-state index contributed by atoms with van der Waals surface area (Å²) in [6.07, 6.45) is 0. The Morgan fingerprint density at radius 1 is 1.28 bits per heavy atom. The quantitative estimate of drug-likeness (QED) is 0.759. The number of nitrogens with zero attached hydrogens (tertiary/aromatic N) is 1. The van der Waals surface area contributed by atoms with Crippen molar-refractivity contribution in [2.45, 2.75) is 38.8 Å². The highest BCUT2D eigenvalue weighted by molar-refractivity contribution is 5.84. The number of hydrogen-bond acceptors (Lipinski definition) is 2. The maximum Gasteiger partial charge on any atom is 0.226 e. The third-order valence-corrected chi connectivity index (χ3v) is 4.90. The first kappa shape index (κ1) is 11.6. The topological polar surface area (TPSA) is 32.3 Å². The molecule has 2 aliphatic heterocycles. The van der Waals surface area contributed by atoms with Gasteiger partial charge >= 0.3 is 0 Å². The molecule has 0 aliphatic carbocycles. The standard InChI is InChI=1S/C15H20N2O/c1-10-9-17-12-8-6-5-7-11(12)14(2,3)15(17,4)16-13(10)18/h5-8,10H,9H2,1-4H3,(H,16,18)/t10-,15+/m0/s1. The van der Waals surface area contributed by atoms with Crippen molar-refractivity contribution in [3.05, 3.63) is 29.8 Å². The van der Waals surface area contributed by atoms with Gasteiger partial charge in [-0.3, -0.25) is 4.79 Å². The van der Waals surface area contributed by atoms with Crippen LogP contribution in [0.2, 0.25) is 0 Å². The molecule has 1 aromatic carbocycles. The molecule has 3 nitrogen and oxygen atoms in total. The van der Waals surface area contributed by atoms with Crippen LogP contribution in [0, 0.1) is 5.92 Å². The number of nitrogens with one attached hydrogen (secondary N) is 1. The van der Waals surface area contributed by atoms with E-state index in [4.69, 9.17) is 0 Å². The van der Waals surface area contributed by atoms with Crippen molar-refractivity contribution in [1.29, 1.82) is 0 Å². The monoisotopic (exact) mass is 244 g/mol. The van der Waals surface area contributed by atoms with E-state index in [2.05, 4.69) is 55.3 Å². The predicted octanol–water partition coefficient (Wildman–Crippen LogP) is 2.27. The van der Waals surface area contributed by atoms with Gasteiger partial charge in [0, 0.05) is 17.6 Å². The molecule has 3 heteroatoms. The van der Waals surface area contributed by atoms with Gasteiger partial charge in [0.1, 0.15) is 5.66 Å². The molecular weight excluding hydrogens is 224 g/mol. The van der Waals surface area contributed by atoms with Crippen molar-refractivity contribution in [2.75, 3.05) is 11.4 Å². The normalized spacial score (nSPS) is 32.8. The molecule has 2 atom stereocenters. The zero-order valence-electron chi connectivity index (χ0n) is 11.4. The van der Waals surface area contributed by atoms with Gasteiger partial charge in [0.05, 0.1) is 5.92 Å². The maximum atomic E-state index is 12.0. The summed E-state index contributed by atoms with van der Waals surface area (Å²) in [5, 5.41) is 3.23. The molecule has 1 fully saturated rings. The molecule has 0 spiro atoms. The molecule has 1 N–H and O–H groups in total. The van der Waals surface area contributed by atoms with Gasteiger partial charge in [-0.1, -0.05) is 39.0 Å². The van der Waals surface area contributed by atoms with Gasteiger partial charge < -0.3 is 10.2 Å². The summed E-state index contributed by atoms with van der Waals surface area (Å²) >= 11 is 0. The van der Waals surface area contributed by atoms with E-state index in [0.29, 0.717) is 0 Å². The summed E-state index contributed by atoms with van der Waals surface area (Å²) < 4.78 is 0. The molecule has 1 aromatic rings. The Kier molecular flexibility index (Phi) is 2.11. The van der Waals surface area contributed by atoms with E-state index in [-0.39, 0.29) is 22.9 Å². The highest BCUT2D eigenvalue weighted by Crippen LogP contribution is 2.51. The lowest BCUT2D eigenvalue weighted by Gasteiger charge is -2.50. The van der Waals surface area contributed by atoms with Gasteiger partial charge in [0.25, 0.3) is 0 Å². The van der Waals surface area contributed by atoms with Gasteiger partial charge in [0.15, 0.2) is 0 Å². The number of benzene rings is 1. The third kappa shape index (κ3) is 1.17. The van der Waals surface area contributed by atoms with Crippen molar-refractivity contribution in [3.63, 3.8) is 0 Å². The Balaban J connectivity index is 2.19. The molecule has 0 saturated carbocycles. The van der Waals surface area contributed by atoms with Gasteiger partial charge in [-0.2, -0.15) is 0 Å². The first-order chi connectivity index (χ1) is 8.38. The fraction of sp³-hybridized carbons (Fsp3) is 0.533. The van der Waals surface area contributed by atoms with Crippen LogP contribution in [0.3, 0.4) is 0 Å². The van der Waals surface area contributed by atoms with E-state index in [1.54, 1.807) is 0 Å². The molecule has 18 heavy (non-hydrogen) atoms. The zero-order valence-corrected chi connectivity index (χ0v) is 11.4. The van der Waals surface area contributed by atoms with Crippen LogP contribution < -0.4 is 10.2 Å². The minimum Gasteiger partial charge on any atom is -0.347 e. The van der Waals surface area contributed by atoms with Crippen molar-refractivity contribution in [1.82, 2.24) is 5.32 Å². The first-order valence-electron chi connectivity index (χ1n) is 6.57. The Bertz CT molecular complexity index is 523.